The second-order valence-electron chi connectivity index (χ2n) is 7.95. The lowest BCUT2D eigenvalue weighted by Crippen LogP contribution is -2.38. The van der Waals surface area contributed by atoms with Gasteiger partial charge in [-0.3, -0.25) is 9.59 Å². The van der Waals surface area contributed by atoms with Crippen molar-refractivity contribution >= 4 is 11.7 Å². The molecule has 0 spiro atoms. The number of hydrogen-bond acceptors (Lipinski definition) is 6. The summed E-state index contributed by atoms with van der Waals surface area (Å²) in [4.78, 5) is 26.0. The number of hydrogen-bond donors (Lipinski definition) is 1. The normalized spacial score (nSPS) is 20.4. The lowest BCUT2D eigenvalue weighted by molar-refractivity contribution is -0.122. The molecular formula is C25H27NO6. The second kappa shape index (κ2) is 8.94. The number of ether oxygens (including phenoxy) is 4. The standard InChI is InChI=1S/C25H27NO6/c1-29-16-6-7-17(22(12-16)31-3)18-13-24(28)26-19-9-15(10-20(27)25(18)19)14-5-8-21(30-2)23(11-14)32-4/h5-8,11-12,15,18H,9-10,13H2,1-4H3,(H,26,28)/t15-,18-/m0/s1. The fraction of sp³-hybridized carbons (Fsp3) is 0.360. The van der Waals surface area contributed by atoms with Gasteiger partial charge in [-0.15, -0.1) is 0 Å². The minimum absolute atomic E-state index is 0.0360. The van der Waals surface area contributed by atoms with Crippen molar-refractivity contribution in [3.8, 4) is 23.0 Å². The van der Waals surface area contributed by atoms with Crippen LogP contribution in [0, 0.1) is 0 Å². The highest BCUT2D eigenvalue weighted by molar-refractivity contribution is 6.02. The highest BCUT2D eigenvalue weighted by Gasteiger charge is 2.39. The maximum Gasteiger partial charge on any atom is 0.225 e. The van der Waals surface area contributed by atoms with E-state index in [0.29, 0.717) is 47.1 Å². The van der Waals surface area contributed by atoms with E-state index in [2.05, 4.69) is 5.32 Å². The van der Waals surface area contributed by atoms with E-state index in [1.165, 1.54) is 0 Å². The maximum absolute atomic E-state index is 13.4. The molecule has 0 saturated heterocycles. The molecule has 1 heterocycles. The van der Waals surface area contributed by atoms with Crippen molar-refractivity contribution in [3.05, 3.63) is 58.8 Å². The summed E-state index contributed by atoms with van der Waals surface area (Å²) in [6.07, 6.45) is 1.13. The molecule has 0 saturated carbocycles. The highest BCUT2D eigenvalue weighted by atomic mass is 16.5. The predicted octanol–water partition coefficient (Wildman–Crippen LogP) is 3.73. The summed E-state index contributed by atoms with van der Waals surface area (Å²) in [7, 11) is 6.33. The van der Waals surface area contributed by atoms with Gasteiger partial charge in [0.25, 0.3) is 0 Å². The molecule has 0 radical (unpaired) electrons. The Morgan fingerprint density at radius 2 is 1.53 bits per heavy atom. The van der Waals surface area contributed by atoms with Gasteiger partial charge in [-0.1, -0.05) is 12.1 Å². The van der Waals surface area contributed by atoms with Crippen molar-refractivity contribution in [2.45, 2.75) is 31.1 Å². The van der Waals surface area contributed by atoms with Gasteiger partial charge in [-0.05, 0) is 36.1 Å². The molecule has 0 aromatic heterocycles. The van der Waals surface area contributed by atoms with Crippen molar-refractivity contribution in [2.75, 3.05) is 28.4 Å². The molecule has 1 amide bonds. The van der Waals surface area contributed by atoms with Crippen LogP contribution in [0.5, 0.6) is 23.0 Å². The van der Waals surface area contributed by atoms with Gasteiger partial charge < -0.3 is 24.3 Å². The first-order chi connectivity index (χ1) is 15.5. The van der Waals surface area contributed by atoms with E-state index in [1.807, 2.05) is 30.3 Å². The molecule has 7 heteroatoms. The minimum Gasteiger partial charge on any atom is -0.497 e. The molecule has 2 atom stereocenters. The number of allylic oxidation sites excluding steroid dienone is 2. The number of rotatable bonds is 6. The van der Waals surface area contributed by atoms with Crippen LogP contribution in [-0.2, 0) is 9.59 Å². The quantitative estimate of drug-likeness (QED) is 0.742. The van der Waals surface area contributed by atoms with E-state index < -0.39 is 0 Å². The van der Waals surface area contributed by atoms with Gasteiger partial charge in [0.15, 0.2) is 17.3 Å². The Morgan fingerprint density at radius 3 is 2.22 bits per heavy atom. The number of benzene rings is 2. The molecule has 0 unspecified atom stereocenters. The summed E-state index contributed by atoms with van der Waals surface area (Å²) >= 11 is 0. The average Bonchev–Trinajstić information content (AvgIpc) is 2.82. The van der Waals surface area contributed by atoms with Crippen LogP contribution in [0.1, 0.15) is 42.2 Å². The fourth-order valence-corrected chi connectivity index (χ4v) is 4.67. The van der Waals surface area contributed by atoms with Crippen molar-refractivity contribution in [1.82, 2.24) is 5.32 Å². The van der Waals surface area contributed by atoms with Crippen molar-refractivity contribution in [2.24, 2.45) is 0 Å². The molecule has 2 aromatic carbocycles. The third-order valence-electron chi connectivity index (χ3n) is 6.23. The van der Waals surface area contributed by atoms with Crippen LogP contribution in [-0.4, -0.2) is 40.1 Å². The number of carbonyl (C=O) groups is 2. The summed E-state index contributed by atoms with van der Waals surface area (Å²) in [5, 5.41) is 2.96. The molecule has 2 aromatic rings. The van der Waals surface area contributed by atoms with Crippen LogP contribution < -0.4 is 24.3 Å². The van der Waals surface area contributed by atoms with Crippen LogP contribution in [0.15, 0.2) is 47.7 Å². The van der Waals surface area contributed by atoms with Gasteiger partial charge in [0.05, 0.1) is 28.4 Å². The molecule has 0 bridgehead atoms. The molecule has 1 aliphatic carbocycles. The third kappa shape index (κ3) is 3.90. The van der Waals surface area contributed by atoms with Gasteiger partial charge in [-0.2, -0.15) is 0 Å². The first-order valence-electron chi connectivity index (χ1n) is 10.5. The number of nitrogens with one attached hydrogen (secondary N) is 1. The SMILES string of the molecule is COc1ccc([C@@H]2CC(=O)NC3=C2C(=O)C[C@@H](c2ccc(OC)c(OC)c2)C3)c(OC)c1. The fourth-order valence-electron chi connectivity index (χ4n) is 4.67. The second-order valence-corrected chi connectivity index (χ2v) is 7.95. The van der Waals surface area contributed by atoms with Crippen LogP contribution >= 0.6 is 0 Å². The molecule has 7 nitrogen and oxygen atoms in total. The number of methoxy groups -OCH3 is 4. The largest absolute Gasteiger partial charge is 0.497 e. The summed E-state index contributed by atoms with van der Waals surface area (Å²) in [5.41, 5.74) is 3.15. The van der Waals surface area contributed by atoms with Crippen LogP contribution in [0.2, 0.25) is 0 Å². The van der Waals surface area contributed by atoms with E-state index in [9.17, 15) is 9.59 Å². The van der Waals surface area contributed by atoms with Crippen LogP contribution in [0.4, 0.5) is 0 Å². The summed E-state index contributed by atoms with van der Waals surface area (Å²) in [6.45, 7) is 0. The topological polar surface area (TPSA) is 83.1 Å². The van der Waals surface area contributed by atoms with E-state index >= 15 is 0 Å². The molecule has 2 aliphatic rings. The average molecular weight is 437 g/mol. The Kier molecular flexibility index (Phi) is 6.08. The monoisotopic (exact) mass is 437 g/mol. The lowest BCUT2D eigenvalue weighted by Gasteiger charge is -2.35. The molecule has 1 aliphatic heterocycles. The van der Waals surface area contributed by atoms with Gasteiger partial charge in [0, 0.05) is 41.7 Å². The zero-order valence-corrected chi connectivity index (χ0v) is 18.7. The number of Topliss-reactive ketones (excluding diaryl/α,β-unsaturated/α-hetero) is 1. The van der Waals surface area contributed by atoms with Gasteiger partial charge >= 0.3 is 0 Å². The molecule has 4 rings (SSSR count). The summed E-state index contributed by atoms with van der Waals surface area (Å²) in [5.74, 6) is 2.04. The molecule has 168 valence electrons. The van der Waals surface area contributed by atoms with Crippen molar-refractivity contribution in [3.63, 3.8) is 0 Å². The Labute approximate surface area is 187 Å². The minimum atomic E-state index is -0.349. The zero-order valence-electron chi connectivity index (χ0n) is 18.7. The predicted molar refractivity (Wildman–Crippen MR) is 119 cm³/mol. The number of amides is 1. The van der Waals surface area contributed by atoms with E-state index in [4.69, 9.17) is 18.9 Å². The highest BCUT2D eigenvalue weighted by Crippen LogP contribution is 2.46. The number of ketones is 1. The first-order valence-corrected chi connectivity index (χ1v) is 10.5. The molecule has 32 heavy (non-hydrogen) atoms. The van der Waals surface area contributed by atoms with E-state index in [-0.39, 0.29) is 29.9 Å². The Balaban J connectivity index is 1.71. The summed E-state index contributed by atoms with van der Waals surface area (Å²) < 4.78 is 21.6. The smallest absolute Gasteiger partial charge is 0.225 e. The van der Waals surface area contributed by atoms with E-state index in [1.54, 1.807) is 34.5 Å². The van der Waals surface area contributed by atoms with Crippen molar-refractivity contribution in [1.29, 1.82) is 0 Å². The number of carbonyl (C=O) groups excluding carboxylic acids is 2. The van der Waals surface area contributed by atoms with E-state index in [0.717, 1.165) is 11.1 Å². The van der Waals surface area contributed by atoms with Crippen LogP contribution in [0.25, 0.3) is 0 Å². The first kappa shape index (κ1) is 21.7. The third-order valence-corrected chi connectivity index (χ3v) is 6.23. The Bertz CT molecular complexity index is 1090. The molecular weight excluding hydrogens is 410 g/mol. The van der Waals surface area contributed by atoms with Gasteiger partial charge in [0.2, 0.25) is 5.91 Å². The van der Waals surface area contributed by atoms with Gasteiger partial charge in [-0.25, -0.2) is 0 Å². The summed E-state index contributed by atoms with van der Waals surface area (Å²) in [6, 6.07) is 11.2. The lowest BCUT2D eigenvalue weighted by atomic mass is 9.73. The molecule has 0 fully saturated rings. The maximum atomic E-state index is 13.4. The Morgan fingerprint density at radius 1 is 0.781 bits per heavy atom. The van der Waals surface area contributed by atoms with Gasteiger partial charge in [0.1, 0.15) is 11.5 Å². The van der Waals surface area contributed by atoms with Crippen LogP contribution in [0.3, 0.4) is 0 Å². The molecule has 1 N–H and O–H groups in total. The zero-order chi connectivity index (χ0) is 22.8. The van der Waals surface area contributed by atoms with Crippen molar-refractivity contribution < 1.29 is 28.5 Å². The Hall–Kier alpha value is -3.48.